The molecule has 2 aromatic carbocycles. The number of carbonyl (C=O) groups is 1. The van der Waals surface area contributed by atoms with Crippen molar-refractivity contribution in [3.63, 3.8) is 0 Å². The molecule has 0 aliphatic rings. The number of nitrogens with two attached hydrogens (primary N) is 1. The second kappa shape index (κ2) is 8.54. The lowest BCUT2D eigenvalue weighted by atomic mass is 10.1. The van der Waals surface area contributed by atoms with Crippen LogP contribution < -0.4 is 15.8 Å². The number of hydrogen-bond acceptors (Lipinski definition) is 6. The fraction of sp³-hybridized carbons (Fsp3) is 0.200. The molecule has 0 aliphatic heterocycles. The number of benzene rings is 2. The number of aryl methyl sites for hydroxylation is 1. The van der Waals surface area contributed by atoms with Gasteiger partial charge in [-0.25, -0.2) is 8.42 Å². The number of rotatable bonds is 7. The Bertz CT molecular complexity index is 1240. The number of nitrogens with one attached hydrogen (secondary N) is 3. The Morgan fingerprint density at radius 1 is 1.33 bits per heavy atom. The smallest absolute Gasteiger partial charge is 0.261 e. The first kappa shape index (κ1) is 21.3. The average Bonchev–Trinajstić information content (AvgIpc) is 3.19. The summed E-state index contributed by atoms with van der Waals surface area (Å²) in [4.78, 5) is 15.1. The van der Waals surface area contributed by atoms with Crippen molar-refractivity contribution in [3.8, 4) is 6.07 Å². The molecule has 0 saturated heterocycles. The highest BCUT2D eigenvalue weighted by atomic mass is 32.2. The summed E-state index contributed by atoms with van der Waals surface area (Å²) < 4.78 is 28.4. The minimum Gasteiger partial charge on any atom is -0.395 e. The zero-order valence-electron chi connectivity index (χ0n) is 16.1. The number of sulfonamides is 1. The van der Waals surface area contributed by atoms with Gasteiger partial charge in [0.15, 0.2) is 0 Å². The Kier molecular flexibility index (Phi) is 6.07. The standard InChI is InChI=1S/C20H21N5O4S/c1-12-5-6-17(19-18(12)14(8-21)9-23-19)25-30(28,29)16-4-2-3-13(7-16)20(27)24-10-15(22)11-26/h2-7,9,15,23,25-26H,10-11,22H2,1H3,(H,24,27)/t15-/m1/s1. The Morgan fingerprint density at radius 3 is 2.80 bits per heavy atom. The molecule has 0 spiro atoms. The van der Waals surface area contributed by atoms with Crippen molar-refractivity contribution in [3.05, 3.63) is 59.3 Å². The van der Waals surface area contributed by atoms with Crippen molar-refractivity contribution >= 4 is 32.5 Å². The molecule has 0 aliphatic carbocycles. The van der Waals surface area contributed by atoms with Gasteiger partial charge in [0, 0.05) is 29.7 Å². The fourth-order valence-electron chi connectivity index (χ4n) is 2.99. The van der Waals surface area contributed by atoms with Gasteiger partial charge >= 0.3 is 0 Å². The minimum atomic E-state index is -4.00. The van der Waals surface area contributed by atoms with Crippen LogP contribution in [-0.2, 0) is 10.0 Å². The first-order valence-electron chi connectivity index (χ1n) is 9.05. The van der Waals surface area contributed by atoms with Crippen LogP contribution in [0.1, 0.15) is 21.5 Å². The van der Waals surface area contributed by atoms with E-state index in [0.717, 1.165) is 5.56 Å². The van der Waals surface area contributed by atoms with Crippen molar-refractivity contribution in [2.24, 2.45) is 5.73 Å². The van der Waals surface area contributed by atoms with E-state index in [-0.39, 0.29) is 23.6 Å². The maximum absolute atomic E-state index is 12.9. The Hall–Kier alpha value is -3.39. The summed E-state index contributed by atoms with van der Waals surface area (Å²) in [5.74, 6) is -0.503. The van der Waals surface area contributed by atoms with Crippen LogP contribution in [0.3, 0.4) is 0 Å². The Labute approximate surface area is 173 Å². The van der Waals surface area contributed by atoms with Crippen LogP contribution >= 0.6 is 0 Å². The number of nitriles is 1. The number of nitrogens with zero attached hydrogens (tertiary/aromatic N) is 1. The van der Waals surface area contributed by atoms with E-state index in [1.807, 2.05) is 6.92 Å². The van der Waals surface area contributed by atoms with Crippen molar-refractivity contribution in [1.29, 1.82) is 5.26 Å². The number of amides is 1. The lowest BCUT2D eigenvalue weighted by Crippen LogP contribution is -2.39. The number of carbonyl (C=O) groups excluding carboxylic acids is 1. The molecule has 1 amide bonds. The number of aliphatic hydroxyl groups is 1. The summed E-state index contributed by atoms with van der Waals surface area (Å²) in [5.41, 5.74) is 7.75. The average molecular weight is 427 g/mol. The molecule has 0 fully saturated rings. The van der Waals surface area contributed by atoms with Gasteiger partial charge in [0.1, 0.15) is 6.07 Å². The van der Waals surface area contributed by atoms with Gasteiger partial charge in [0.05, 0.1) is 28.3 Å². The van der Waals surface area contributed by atoms with Crippen molar-refractivity contribution in [1.82, 2.24) is 10.3 Å². The monoisotopic (exact) mass is 427 g/mol. The van der Waals surface area contributed by atoms with Gasteiger partial charge in [-0.2, -0.15) is 5.26 Å². The number of aromatic nitrogens is 1. The molecule has 1 aromatic heterocycles. The Morgan fingerprint density at radius 2 is 2.10 bits per heavy atom. The molecule has 0 saturated carbocycles. The van der Waals surface area contributed by atoms with Gasteiger partial charge in [0.2, 0.25) is 0 Å². The van der Waals surface area contributed by atoms with Crippen molar-refractivity contribution in [2.45, 2.75) is 17.9 Å². The summed E-state index contributed by atoms with van der Waals surface area (Å²) in [6.07, 6.45) is 1.53. The third-order valence-electron chi connectivity index (χ3n) is 4.57. The van der Waals surface area contributed by atoms with E-state index < -0.39 is 22.0 Å². The van der Waals surface area contributed by atoms with E-state index >= 15 is 0 Å². The number of hydrogen-bond donors (Lipinski definition) is 5. The quantitative estimate of drug-likeness (QED) is 0.381. The first-order valence-corrected chi connectivity index (χ1v) is 10.5. The molecule has 10 heteroatoms. The second-order valence-electron chi connectivity index (χ2n) is 6.78. The third-order valence-corrected chi connectivity index (χ3v) is 5.94. The second-order valence-corrected chi connectivity index (χ2v) is 8.46. The van der Waals surface area contributed by atoms with Crippen LogP contribution in [0.2, 0.25) is 0 Å². The molecule has 0 radical (unpaired) electrons. The largest absolute Gasteiger partial charge is 0.395 e. The number of aliphatic hydroxyl groups excluding tert-OH is 1. The fourth-order valence-corrected chi connectivity index (χ4v) is 4.11. The van der Waals surface area contributed by atoms with E-state index in [0.29, 0.717) is 22.2 Å². The maximum Gasteiger partial charge on any atom is 0.261 e. The van der Waals surface area contributed by atoms with Crippen LogP contribution in [0.25, 0.3) is 10.9 Å². The molecule has 3 aromatic rings. The van der Waals surface area contributed by atoms with Crippen LogP contribution in [0.5, 0.6) is 0 Å². The molecule has 3 rings (SSSR count). The van der Waals surface area contributed by atoms with E-state index in [1.54, 1.807) is 12.1 Å². The number of fused-ring (bicyclic) bond motifs is 1. The van der Waals surface area contributed by atoms with Crippen molar-refractivity contribution < 1.29 is 18.3 Å². The molecule has 9 nitrogen and oxygen atoms in total. The minimum absolute atomic E-state index is 0.0555. The van der Waals surface area contributed by atoms with Crippen LogP contribution in [0.4, 0.5) is 5.69 Å². The summed E-state index contributed by atoms with van der Waals surface area (Å²) in [6, 6.07) is 10.4. The summed E-state index contributed by atoms with van der Waals surface area (Å²) in [7, 11) is -4.00. The van der Waals surface area contributed by atoms with Gasteiger partial charge < -0.3 is 21.1 Å². The predicted octanol–water partition coefficient (Wildman–Crippen LogP) is 1.20. The summed E-state index contributed by atoms with van der Waals surface area (Å²) >= 11 is 0. The molecule has 1 heterocycles. The number of H-pyrrole nitrogens is 1. The summed E-state index contributed by atoms with van der Waals surface area (Å²) in [6.45, 7) is 1.61. The molecular formula is C20H21N5O4S. The first-order chi connectivity index (χ1) is 14.3. The number of anilines is 1. The SMILES string of the molecule is Cc1ccc(NS(=O)(=O)c2cccc(C(=O)NC[C@@H](N)CO)c2)c2[nH]cc(C#N)c12. The van der Waals surface area contributed by atoms with Crippen LogP contribution in [0, 0.1) is 18.3 Å². The highest BCUT2D eigenvalue weighted by molar-refractivity contribution is 7.92. The van der Waals surface area contributed by atoms with Gasteiger partial charge in [-0.1, -0.05) is 12.1 Å². The summed E-state index contributed by atoms with van der Waals surface area (Å²) in [5, 5.41) is 21.4. The zero-order chi connectivity index (χ0) is 21.9. The lowest BCUT2D eigenvalue weighted by Gasteiger charge is -2.12. The van der Waals surface area contributed by atoms with Crippen molar-refractivity contribution in [2.75, 3.05) is 17.9 Å². The zero-order valence-corrected chi connectivity index (χ0v) is 17.0. The highest BCUT2D eigenvalue weighted by Crippen LogP contribution is 2.30. The van der Waals surface area contributed by atoms with E-state index in [4.69, 9.17) is 10.8 Å². The highest BCUT2D eigenvalue weighted by Gasteiger charge is 2.19. The molecule has 0 unspecified atom stereocenters. The third kappa shape index (κ3) is 4.28. The van der Waals surface area contributed by atoms with E-state index in [1.165, 1.54) is 30.5 Å². The van der Waals surface area contributed by atoms with Gasteiger partial charge in [-0.3, -0.25) is 9.52 Å². The van der Waals surface area contributed by atoms with E-state index in [2.05, 4.69) is 21.1 Å². The van der Waals surface area contributed by atoms with Gasteiger partial charge in [-0.15, -0.1) is 0 Å². The Balaban J connectivity index is 1.89. The molecule has 6 N–H and O–H groups in total. The van der Waals surface area contributed by atoms with Gasteiger partial charge in [0.25, 0.3) is 15.9 Å². The number of aromatic amines is 1. The molecule has 0 bridgehead atoms. The van der Waals surface area contributed by atoms with Crippen LogP contribution in [-0.4, -0.2) is 43.6 Å². The van der Waals surface area contributed by atoms with Gasteiger partial charge in [-0.05, 0) is 36.8 Å². The molecule has 156 valence electrons. The molecular weight excluding hydrogens is 406 g/mol. The lowest BCUT2D eigenvalue weighted by molar-refractivity contribution is 0.0947. The normalized spacial score (nSPS) is 12.3. The maximum atomic E-state index is 12.9. The molecule has 30 heavy (non-hydrogen) atoms. The van der Waals surface area contributed by atoms with E-state index in [9.17, 15) is 18.5 Å². The topological polar surface area (TPSA) is 161 Å². The molecule has 1 atom stereocenters. The van der Waals surface area contributed by atoms with Crippen LogP contribution in [0.15, 0.2) is 47.5 Å². The predicted molar refractivity (Wildman–Crippen MR) is 112 cm³/mol.